The van der Waals surface area contributed by atoms with E-state index < -0.39 is 26.5 Å². The van der Waals surface area contributed by atoms with Crippen LogP contribution >= 0.6 is 7.82 Å². The minimum absolute atomic E-state index is 0.0359. The Hall–Kier alpha value is -2.81. The summed E-state index contributed by atoms with van der Waals surface area (Å²) in [7, 11) is 1.15. The molecule has 0 heterocycles. The molecule has 0 spiro atoms. The van der Waals surface area contributed by atoms with Crippen molar-refractivity contribution in [2.24, 2.45) is 0 Å². The van der Waals surface area contributed by atoms with E-state index in [1.54, 1.807) is 0 Å². The fourth-order valence-electron chi connectivity index (χ4n) is 7.89. The highest BCUT2D eigenvalue weighted by atomic mass is 31.2. The van der Waals surface area contributed by atoms with E-state index in [2.05, 4.69) is 98.9 Å². The second kappa shape index (κ2) is 53.0. The summed E-state index contributed by atoms with van der Waals surface area (Å²) in [5, 5.41) is 0. The maximum absolute atomic E-state index is 12.8. The van der Waals surface area contributed by atoms with Crippen molar-refractivity contribution < 1.29 is 42.1 Å². The smallest absolute Gasteiger partial charge is 0.306 e. The zero-order valence-electron chi connectivity index (χ0n) is 47.1. The van der Waals surface area contributed by atoms with E-state index in [9.17, 15) is 19.0 Å². The first-order valence-electron chi connectivity index (χ1n) is 29.3. The molecule has 0 rings (SSSR count). The molecule has 2 atom stereocenters. The van der Waals surface area contributed by atoms with E-state index in [0.29, 0.717) is 17.4 Å². The first kappa shape index (κ1) is 69.2. The number of unbranched alkanes of at least 4 members (excludes halogenated alkanes) is 25. The molecule has 0 saturated heterocycles. The molecule has 10 heteroatoms. The molecule has 0 aliphatic carbocycles. The number of phosphoric ester groups is 1. The summed E-state index contributed by atoms with van der Waals surface area (Å²) >= 11 is 0. The molecule has 0 aromatic heterocycles. The number of likely N-dealkylation sites (N-methyl/N-ethyl adjacent to an activating group) is 1. The SMILES string of the molecule is CC/C=C\C/C=C\C/C=C\C/C=C\C/C=C\CCCCCCCCCCCC(=O)OC(COC(=O)CCCCCCCCCCCCC/C=C\C/C=C\CCCCCCC)COP(=O)([O-])OCC[N+](C)(C)C. The van der Waals surface area contributed by atoms with Gasteiger partial charge < -0.3 is 27.9 Å². The van der Waals surface area contributed by atoms with Gasteiger partial charge in [-0.3, -0.25) is 14.2 Å². The predicted molar refractivity (Wildman–Crippen MR) is 305 cm³/mol. The van der Waals surface area contributed by atoms with Gasteiger partial charge in [-0.2, -0.15) is 0 Å². The maximum Gasteiger partial charge on any atom is 0.306 e. The van der Waals surface area contributed by atoms with Crippen LogP contribution in [-0.4, -0.2) is 70.0 Å². The van der Waals surface area contributed by atoms with E-state index in [0.717, 1.165) is 83.5 Å². The van der Waals surface area contributed by atoms with Gasteiger partial charge in [-0.1, -0.05) is 227 Å². The van der Waals surface area contributed by atoms with Crippen LogP contribution in [0.15, 0.2) is 85.1 Å². The Kier molecular flexibility index (Phi) is 51.0. The summed E-state index contributed by atoms with van der Waals surface area (Å²) < 4.78 is 34.2. The number of esters is 2. The first-order chi connectivity index (χ1) is 35.0. The lowest BCUT2D eigenvalue weighted by Gasteiger charge is -2.28. The van der Waals surface area contributed by atoms with E-state index in [1.807, 2.05) is 21.1 Å². The monoisotopic (exact) mass is 1030 g/mol. The molecular formula is C62H110NO8P. The lowest BCUT2D eigenvalue weighted by Crippen LogP contribution is -2.37. The van der Waals surface area contributed by atoms with E-state index in [-0.39, 0.29) is 32.0 Å². The van der Waals surface area contributed by atoms with Gasteiger partial charge in [-0.25, -0.2) is 0 Å². The predicted octanol–water partition coefficient (Wildman–Crippen LogP) is 17.6. The number of quaternary nitrogens is 1. The third-order valence-electron chi connectivity index (χ3n) is 12.4. The van der Waals surface area contributed by atoms with Gasteiger partial charge in [0.05, 0.1) is 27.7 Å². The van der Waals surface area contributed by atoms with Crippen molar-refractivity contribution in [2.75, 3.05) is 47.5 Å². The van der Waals surface area contributed by atoms with Crippen molar-refractivity contribution >= 4 is 19.8 Å². The van der Waals surface area contributed by atoms with Gasteiger partial charge in [-0.15, -0.1) is 0 Å². The summed E-state index contributed by atoms with van der Waals surface area (Å²) in [5.41, 5.74) is 0. The van der Waals surface area contributed by atoms with Crippen molar-refractivity contribution in [2.45, 2.75) is 251 Å². The standard InChI is InChI=1S/C62H110NO8P/c1-6-8-10-12-14-16-18-20-22-24-26-28-30-31-33-35-37-39-41-43-45-47-49-51-53-55-62(65)71-60(59-70-72(66,67)69-57-56-63(3,4)5)58-68-61(64)54-52-50-48-46-44-42-40-38-36-34-32-29-27-25-23-21-19-17-15-13-11-9-7-2/h8,10,14,16,19-22,25-28,31,33,60H,6-7,9,11-13,15,17-18,23-24,29-30,32,34-59H2,1-5H3/b10-8-,16-14-,21-19-,22-20-,27-25-,28-26-,33-31-. The van der Waals surface area contributed by atoms with Gasteiger partial charge in [0, 0.05) is 12.8 Å². The zero-order chi connectivity index (χ0) is 52.7. The van der Waals surface area contributed by atoms with Gasteiger partial charge in [0.2, 0.25) is 0 Å². The van der Waals surface area contributed by atoms with Crippen molar-refractivity contribution in [3.8, 4) is 0 Å². The number of phosphoric acid groups is 1. The van der Waals surface area contributed by atoms with Crippen LogP contribution in [0.5, 0.6) is 0 Å². The van der Waals surface area contributed by atoms with E-state index in [1.165, 1.54) is 128 Å². The quantitative estimate of drug-likeness (QED) is 0.0195. The first-order valence-corrected chi connectivity index (χ1v) is 30.8. The molecule has 0 bridgehead atoms. The summed E-state index contributed by atoms with van der Waals surface area (Å²) in [5.74, 6) is -0.842. The number of hydrogen-bond donors (Lipinski definition) is 0. The molecule has 0 aliphatic heterocycles. The average molecular weight is 1030 g/mol. The van der Waals surface area contributed by atoms with Crippen LogP contribution in [0.2, 0.25) is 0 Å². The number of carbonyl (C=O) groups is 2. The van der Waals surface area contributed by atoms with Crippen LogP contribution in [0.3, 0.4) is 0 Å². The number of carbonyl (C=O) groups excluding carboxylic acids is 2. The lowest BCUT2D eigenvalue weighted by atomic mass is 10.0. The molecule has 0 fully saturated rings. The largest absolute Gasteiger partial charge is 0.756 e. The molecule has 0 saturated carbocycles. The molecular weight excluding hydrogens is 918 g/mol. The maximum atomic E-state index is 12.8. The Morgan fingerprint density at radius 1 is 0.444 bits per heavy atom. The van der Waals surface area contributed by atoms with Crippen molar-refractivity contribution in [3.63, 3.8) is 0 Å². The highest BCUT2D eigenvalue weighted by Gasteiger charge is 2.22. The molecule has 0 N–H and O–H groups in total. The Morgan fingerprint density at radius 3 is 1.18 bits per heavy atom. The second-order valence-electron chi connectivity index (χ2n) is 20.6. The Labute approximate surface area is 443 Å². The van der Waals surface area contributed by atoms with E-state index >= 15 is 0 Å². The number of allylic oxidation sites excluding steroid dienone is 14. The average Bonchev–Trinajstić information content (AvgIpc) is 3.34. The minimum Gasteiger partial charge on any atom is -0.756 e. The lowest BCUT2D eigenvalue weighted by molar-refractivity contribution is -0.870. The number of rotatable bonds is 53. The molecule has 9 nitrogen and oxygen atoms in total. The van der Waals surface area contributed by atoms with Crippen LogP contribution < -0.4 is 4.89 Å². The third kappa shape index (κ3) is 56.5. The molecule has 0 aromatic rings. The van der Waals surface area contributed by atoms with Crippen molar-refractivity contribution in [1.29, 1.82) is 0 Å². The van der Waals surface area contributed by atoms with Gasteiger partial charge in [0.15, 0.2) is 6.10 Å². The van der Waals surface area contributed by atoms with Crippen molar-refractivity contribution in [1.82, 2.24) is 0 Å². The Bertz CT molecular complexity index is 1490. The number of hydrogen-bond acceptors (Lipinski definition) is 8. The van der Waals surface area contributed by atoms with Crippen LogP contribution in [0.1, 0.15) is 245 Å². The van der Waals surface area contributed by atoms with Gasteiger partial charge >= 0.3 is 11.9 Å². The van der Waals surface area contributed by atoms with E-state index in [4.69, 9.17) is 18.5 Å². The topological polar surface area (TPSA) is 111 Å². The normalized spacial score (nSPS) is 13.9. The Balaban J connectivity index is 4.20. The van der Waals surface area contributed by atoms with Crippen LogP contribution in [-0.2, 0) is 32.7 Å². The van der Waals surface area contributed by atoms with Gasteiger partial charge in [0.1, 0.15) is 19.8 Å². The molecule has 0 aliphatic rings. The molecule has 0 amide bonds. The molecule has 72 heavy (non-hydrogen) atoms. The van der Waals surface area contributed by atoms with Crippen LogP contribution in [0.25, 0.3) is 0 Å². The van der Waals surface area contributed by atoms with Gasteiger partial charge in [0.25, 0.3) is 7.82 Å². The van der Waals surface area contributed by atoms with Crippen LogP contribution in [0, 0.1) is 0 Å². The third-order valence-corrected chi connectivity index (χ3v) is 13.4. The summed E-state index contributed by atoms with van der Waals surface area (Å²) in [4.78, 5) is 37.9. The molecule has 416 valence electrons. The minimum atomic E-state index is -4.64. The molecule has 0 radical (unpaired) electrons. The van der Waals surface area contributed by atoms with Crippen LogP contribution in [0.4, 0.5) is 0 Å². The Morgan fingerprint density at radius 2 is 0.792 bits per heavy atom. The highest BCUT2D eigenvalue weighted by Crippen LogP contribution is 2.38. The second-order valence-corrected chi connectivity index (χ2v) is 22.0. The van der Waals surface area contributed by atoms with Crippen molar-refractivity contribution in [3.05, 3.63) is 85.1 Å². The summed E-state index contributed by atoms with van der Waals surface area (Å²) in [6.45, 7) is 4.12. The van der Waals surface area contributed by atoms with Gasteiger partial charge in [-0.05, 0) is 89.9 Å². The number of nitrogens with zero attached hydrogens (tertiary/aromatic N) is 1. The highest BCUT2D eigenvalue weighted by molar-refractivity contribution is 7.45. The number of ether oxygens (including phenoxy) is 2. The molecule has 0 aromatic carbocycles. The fourth-order valence-corrected chi connectivity index (χ4v) is 8.62. The summed E-state index contributed by atoms with van der Waals surface area (Å²) in [6.07, 6.45) is 70.5. The molecule has 2 unspecified atom stereocenters. The fraction of sp³-hybridized carbons (Fsp3) is 0.742. The zero-order valence-corrected chi connectivity index (χ0v) is 48.0. The summed E-state index contributed by atoms with van der Waals surface area (Å²) in [6, 6.07) is 0.